The second kappa shape index (κ2) is 10.4. The number of carbonyl (C=O) groups excluding carboxylic acids is 3. The highest BCUT2D eigenvalue weighted by Crippen LogP contribution is 2.22. The van der Waals surface area contributed by atoms with E-state index in [9.17, 15) is 14.4 Å². The monoisotopic (exact) mass is 411 g/mol. The van der Waals surface area contributed by atoms with Gasteiger partial charge in [-0.2, -0.15) is 0 Å². The van der Waals surface area contributed by atoms with Gasteiger partial charge in [0, 0.05) is 25.1 Å². The molecule has 1 saturated heterocycles. The first-order valence-electron chi connectivity index (χ1n) is 9.76. The van der Waals surface area contributed by atoms with Crippen LogP contribution in [0.3, 0.4) is 0 Å². The molecule has 3 rings (SSSR count). The van der Waals surface area contributed by atoms with Crippen molar-refractivity contribution in [2.75, 3.05) is 26.3 Å². The summed E-state index contributed by atoms with van der Waals surface area (Å²) in [6, 6.07) is 16.1. The first-order chi connectivity index (χ1) is 14.5. The van der Waals surface area contributed by atoms with Gasteiger partial charge in [0.15, 0.2) is 0 Å². The zero-order valence-corrected chi connectivity index (χ0v) is 16.5. The molecule has 30 heavy (non-hydrogen) atoms. The Balaban J connectivity index is 1.80. The molecule has 0 aliphatic carbocycles. The van der Waals surface area contributed by atoms with Crippen LogP contribution in [0.25, 0.3) is 0 Å². The second-order valence-electron chi connectivity index (χ2n) is 6.92. The normalized spacial score (nSPS) is 15.7. The van der Waals surface area contributed by atoms with Gasteiger partial charge in [-0.25, -0.2) is 9.59 Å². The van der Waals surface area contributed by atoms with E-state index in [0.717, 1.165) is 5.56 Å². The van der Waals surface area contributed by atoms with E-state index in [2.05, 4.69) is 5.32 Å². The zero-order valence-electron chi connectivity index (χ0n) is 16.5. The number of urea groups is 1. The number of esters is 1. The van der Waals surface area contributed by atoms with Crippen molar-refractivity contribution in [3.05, 3.63) is 71.8 Å². The summed E-state index contributed by atoms with van der Waals surface area (Å²) in [5.41, 5.74) is 6.64. The minimum atomic E-state index is -1.12. The molecule has 0 radical (unpaired) electrons. The molecule has 1 aliphatic rings. The number of rotatable bonds is 7. The van der Waals surface area contributed by atoms with Crippen molar-refractivity contribution in [2.45, 2.75) is 18.6 Å². The largest absolute Gasteiger partial charge is 0.446 e. The molecule has 8 heteroatoms. The average molecular weight is 411 g/mol. The van der Waals surface area contributed by atoms with Crippen molar-refractivity contribution in [3.63, 3.8) is 0 Å². The number of nitrogens with zero attached hydrogens (tertiary/aromatic N) is 1. The van der Waals surface area contributed by atoms with Gasteiger partial charge in [-0.1, -0.05) is 60.7 Å². The summed E-state index contributed by atoms with van der Waals surface area (Å²) in [5.74, 6) is -1.05. The van der Waals surface area contributed by atoms with E-state index < -0.39 is 24.1 Å². The fraction of sp³-hybridized carbons (Fsp3) is 0.318. The van der Waals surface area contributed by atoms with Crippen LogP contribution in [0.5, 0.6) is 0 Å². The number of hydrogen-bond acceptors (Lipinski definition) is 5. The first kappa shape index (κ1) is 21.3. The summed E-state index contributed by atoms with van der Waals surface area (Å²) in [6.45, 7) is 1.71. The van der Waals surface area contributed by atoms with Gasteiger partial charge in [0.1, 0.15) is 6.04 Å². The van der Waals surface area contributed by atoms with Crippen LogP contribution in [0.15, 0.2) is 60.7 Å². The standard InChI is InChI=1S/C22H25N3O5/c23-22(28)24-18(15-16-7-3-1-4-8-16)21(27)30-19(17-9-5-2-6-10-17)20(26)25-11-13-29-14-12-25/h1-10,18-19H,11-15H2,(H3,23,24,28)/t18-,19-/m0/s1. The molecule has 2 atom stereocenters. The highest BCUT2D eigenvalue weighted by molar-refractivity contribution is 5.88. The minimum absolute atomic E-state index is 0.190. The number of ether oxygens (including phenoxy) is 2. The molecule has 3 N–H and O–H groups in total. The Morgan fingerprint density at radius 3 is 2.20 bits per heavy atom. The van der Waals surface area contributed by atoms with Crippen molar-refractivity contribution in [1.82, 2.24) is 10.2 Å². The van der Waals surface area contributed by atoms with E-state index in [1.165, 1.54) is 0 Å². The summed E-state index contributed by atoms with van der Waals surface area (Å²) in [7, 11) is 0. The lowest BCUT2D eigenvalue weighted by atomic mass is 10.1. The van der Waals surface area contributed by atoms with E-state index in [-0.39, 0.29) is 12.3 Å². The van der Waals surface area contributed by atoms with E-state index in [1.807, 2.05) is 36.4 Å². The van der Waals surface area contributed by atoms with Crippen LogP contribution in [-0.4, -0.2) is 55.2 Å². The highest BCUT2D eigenvalue weighted by Gasteiger charge is 2.33. The maximum Gasteiger partial charge on any atom is 0.330 e. The molecule has 0 aromatic heterocycles. The molecular weight excluding hydrogens is 386 g/mol. The van der Waals surface area contributed by atoms with Crippen molar-refractivity contribution in [3.8, 4) is 0 Å². The van der Waals surface area contributed by atoms with Gasteiger partial charge in [0.05, 0.1) is 13.2 Å². The van der Waals surface area contributed by atoms with Crippen LogP contribution in [0.2, 0.25) is 0 Å². The summed E-state index contributed by atoms with van der Waals surface area (Å²) in [6.07, 6.45) is -0.930. The third-order valence-electron chi connectivity index (χ3n) is 4.77. The van der Waals surface area contributed by atoms with Gasteiger partial charge in [0.2, 0.25) is 6.10 Å². The third-order valence-corrected chi connectivity index (χ3v) is 4.77. The zero-order chi connectivity index (χ0) is 21.3. The first-order valence-corrected chi connectivity index (χ1v) is 9.76. The molecule has 158 valence electrons. The fourth-order valence-corrected chi connectivity index (χ4v) is 3.25. The molecule has 2 aromatic carbocycles. The Morgan fingerprint density at radius 2 is 1.60 bits per heavy atom. The Bertz CT molecular complexity index is 854. The maximum absolute atomic E-state index is 13.1. The molecule has 3 amide bonds. The molecule has 0 unspecified atom stereocenters. The van der Waals surface area contributed by atoms with Gasteiger partial charge in [-0.05, 0) is 5.56 Å². The fourth-order valence-electron chi connectivity index (χ4n) is 3.25. The lowest BCUT2D eigenvalue weighted by Crippen LogP contribution is -2.48. The van der Waals surface area contributed by atoms with E-state index in [0.29, 0.717) is 31.9 Å². The second-order valence-corrected chi connectivity index (χ2v) is 6.92. The van der Waals surface area contributed by atoms with Gasteiger partial charge in [-0.3, -0.25) is 4.79 Å². The predicted molar refractivity (Wildman–Crippen MR) is 109 cm³/mol. The predicted octanol–water partition coefficient (Wildman–Crippen LogP) is 1.41. The van der Waals surface area contributed by atoms with Crippen LogP contribution >= 0.6 is 0 Å². The number of benzene rings is 2. The molecule has 8 nitrogen and oxygen atoms in total. The minimum Gasteiger partial charge on any atom is -0.446 e. The van der Waals surface area contributed by atoms with Crippen LogP contribution in [0, 0.1) is 0 Å². The summed E-state index contributed by atoms with van der Waals surface area (Å²) < 4.78 is 10.9. The summed E-state index contributed by atoms with van der Waals surface area (Å²) >= 11 is 0. The third kappa shape index (κ3) is 5.81. The molecule has 1 heterocycles. The number of amides is 3. The Labute approximate surface area is 174 Å². The highest BCUT2D eigenvalue weighted by atomic mass is 16.6. The number of hydrogen-bond donors (Lipinski definition) is 2. The van der Waals surface area contributed by atoms with Crippen LogP contribution in [0.1, 0.15) is 17.2 Å². The van der Waals surface area contributed by atoms with Crippen molar-refractivity contribution >= 4 is 17.9 Å². The van der Waals surface area contributed by atoms with Crippen LogP contribution in [-0.2, 0) is 25.5 Å². The number of nitrogens with one attached hydrogen (secondary N) is 1. The molecule has 1 fully saturated rings. The Morgan fingerprint density at radius 1 is 1.00 bits per heavy atom. The van der Waals surface area contributed by atoms with Gasteiger partial charge in [0.25, 0.3) is 5.91 Å². The van der Waals surface area contributed by atoms with Gasteiger partial charge < -0.3 is 25.4 Å². The molecule has 0 saturated carbocycles. The van der Waals surface area contributed by atoms with E-state index >= 15 is 0 Å². The summed E-state index contributed by atoms with van der Waals surface area (Å²) in [5, 5.41) is 2.42. The van der Waals surface area contributed by atoms with Crippen molar-refractivity contribution < 1.29 is 23.9 Å². The van der Waals surface area contributed by atoms with Gasteiger partial charge in [-0.15, -0.1) is 0 Å². The SMILES string of the molecule is NC(=O)N[C@@H](Cc1ccccc1)C(=O)O[C@H](C(=O)N1CCOCC1)c1ccccc1. The summed E-state index contributed by atoms with van der Waals surface area (Å²) in [4.78, 5) is 39.2. The Kier molecular flexibility index (Phi) is 7.40. The van der Waals surface area contributed by atoms with Gasteiger partial charge >= 0.3 is 12.0 Å². The van der Waals surface area contributed by atoms with Crippen LogP contribution < -0.4 is 11.1 Å². The number of primary amides is 1. The van der Waals surface area contributed by atoms with E-state index in [1.54, 1.807) is 29.2 Å². The Hall–Kier alpha value is -3.39. The van der Waals surface area contributed by atoms with Crippen LogP contribution in [0.4, 0.5) is 4.79 Å². The topological polar surface area (TPSA) is 111 Å². The van der Waals surface area contributed by atoms with Crippen molar-refractivity contribution in [1.29, 1.82) is 0 Å². The van der Waals surface area contributed by atoms with E-state index in [4.69, 9.17) is 15.2 Å². The molecule has 1 aliphatic heterocycles. The molecular formula is C22H25N3O5. The maximum atomic E-state index is 13.1. The molecule has 2 aromatic rings. The molecule has 0 bridgehead atoms. The quantitative estimate of drug-likeness (QED) is 0.669. The number of morpholine rings is 1. The number of carbonyl (C=O) groups is 3. The van der Waals surface area contributed by atoms with Crippen molar-refractivity contribution in [2.24, 2.45) is 5.73 Å². The average Bonchev–Trinajstić information content (AvgIpc) is 2.78. The lowest BCUT2D eigenvalue weighted by Gasteiger charge is -2.31. The lowest BCUT2D eigenvalue weighted by molar-refractivity contribution is -0.164. The smallest absolute Gasteiger partial charge is 0.330 e. The number of nitrogens with two attached hydrogens (primary N) is 1. The molecule has 0 spiro atoms.